The second-order valence-corrected chi connectivity index (χ2v) is 15.0. The Morgan fingerprint density at radius 3 is 1.27 bits per heavy atom. The summed E-state index contributed by atoms with van der Waals surface area (Å²) >= 11 is 0. The molecule has 1 aromatic heterocycles. The fourth-order valence-electron chi connectivity index (χ4n) is 9.31. The van der Waals surface area contributed by atoms with Gasteiger partial charge in [-0.05, 0) is 141 Å². The van der Waals surface area contributed by atoms with Crippen molar-refractivity contribution in [2.24, 2.45) is 0 Å². The van der Waals surface area contributed by atoms with Crippen LogP contribution in [0.4, 0.5) is 34.1 Å². The first-order chi connectivity index (χ1) is 27.8. The van der Waals surface area contributed by atoms with Gasteiger partial charge in [-0.15, -0.1) is 0 Å². The van der Waals surface area contributed by atoms with Crippen molar-refractivity contribution in [1.29, 1.82) is 0 Å². The smallest absolute Gasteiger partial charge is 0.0500 e. The van der Waals surface area contributed by atoms with Crippen LogP contribution in [0.2, 0.25) is 0 Å². The van der Waals surface area contributed by atoms with Gasteiger partial charge in [-0.2, -0.15) is 0 Å². The van der Waals surface area contributed by atoms with Gasteiger partial charge in [0.15, 0.2) is 0 Å². The number of benzene rings is 8. The molecule has 0 saturated carbocycles. The molecular weight excluding hydrogens is 679 g/mol. The zero-order valence-corrected chi connectivity index (χ0v) is 31.1. The molecule has 0 spiro atoms. The summed E-state index contributed by atoms with van der Waals surface area (Å²) in [4.78, 5) is 9.70. The molecule has 0 unspecified atom stereocenters. The molecule has 0 N–H and O–H groups in total. The molecule has 0 radical (unpaired) electrons. The molecule has 2 aliphatic rings. The third kappa shape index (κ3) is 5.31. The van der Waals surface area contributed by atoms with Crippen LogP contribution in [0.1, 0.15) is 22.3 Å². The molecule has 9 aromatic rings. The van der Waals surface area contributed by atoms with Crippen LogP contribution < -0.4 is 9.80 Å². The van der Waals surface area contributed by atoms with Gasteiger partial charge in [0.2, 0.25) is 0 Å². The summed E-state index contributed by atoms with van der Waals surface area (Å²) < 4.78 is 0. The lowest BCUT2D eigenvalue weighted by Crippen LogP contribution is -2.11. The molecule has 8 aromatic carbocycles. The summed E-state index contributed by atoms with van der Waals surface area (Å²) in [6.07, 6.45) is 8.01. The predicted octanol–water partition coefficient (Wildman–Crippen LogP) is 13.9. The largest absolute Gasteiger partial charge is 0.310 e. The average Bonchev–Trinajstić information content (AvgIpc) is 3.53. The minimum atomic E-state index is 0.987. The van der Waals surface area contributed by atoms with E-state index in [0.29, 0.717) is 0 Å². The lowest BCUT2D eigenvalue weighted by molar-refractivity contribution is 0.978. The number of hydrogen-bond acceptors (Lipinski definition) is 3. The van der Waals surface area contributed by atoms with Crippen molar-refractivity contribution in [1.82, 2.24) is 4.98 Å². The number of aromatic nitrogens is 1. The number of anilines is 6. The summed E-state index contributed by atoms with van der Waals surface area (Å²) in [5.41, 5.74) is 17.6. The molecule has 0 aliphatic carbocycles. The Balaban J connectivity index is 1.14. The molecule has 56 heavy (non-hydrogen) atoms. The van der Waals surface area contributed by atoms with Gasteiger partial charge in [0.1, 0.15) is 0 Å². The topological polar surface area (TPSA) is 19.4 Å². The van der Waals surface area contributed by atoms with E-state index in [1.807, 2.05) is 6.20 Å². The molecule has 0 saturated heterocycles. The number of rotatable bonds is 4. The highest BCUT2D eigenvalue weighted by Gasteiger charge is 2.26. The Morgan fingerprint density at radius 2 is 0.750 bits per heavy atom. The van der Waals surface area contributed by atoms with Crippen molar-refractivity contribution in [2.75, 3.05) is 9.80 Å². The van der Waals surface area contributed by atoms with Gasteiger partial charge in [0.25, 0.3) is 0 Å². The molecule has 2 aliphatic heterocycles. The summed E-state index contributed by atoms with van der Waals surface area (Å²) in [6, 6.07) is 64.8. The van der Waals surface area contributed by atoms with Crippen molar-refractivity contribution >= 4 is 55.7 Å². The monoisotopic (exact) mass is 717 g/mol. The first-order valence-electron chi connectivity index (χ1n) is 19.7. The van der Waals surface area contributed by atoms with E-state index in [4.69, 9.17) is 4.98 Å². The summed E-state index contributed by atoms with van der Waals surface area (Å²) in [7, 11) is 0. The predicted molar refractivity (Wildman–Crippen MR) is 234 cm³/mol. The fourth-order valence-corrected chi connectivity index (χ4v) is 9.31. The second-order valence-electron chi connectivity index (χ2n) is 15.0. The molecule has 11 rings (SSSR count). The van der Waals surface area contributed by atoms with Gasteiger partial charge >= 0.3 is 0 Å². The third-order valence-electron chi connectivity index (χ3n) is 11.9. The highest BCUT2D eigenvalue weighted by atomic mass is 15.2. The van der Waals surface area contributed by atoms with E-state index < -0.39 is 0 Å². The summed E-state index contributed by atoms with van der Waals surface area (Å²) in [6.45, 7) is 0. The molecule has 0 amide bonds. The molecule has 0 fully saturated rings. The highest BCUT2D eigenvalue weighted by molar-refractivity contribution is 6.21. The van der Waals surface area contributed by atoms with E-state index >= 15 is 0 Å². The van der Waals surface area contributed by atoms with Crippen LogP contribution in [-0.4, -0.2) is 4.98 Å². The van der Waals surface area contributed by atoms with Crippen LogP contribution in [0.5, 0.6) is 0 Å². The second kappa shape index (κ2) is 13.4. The van der Waals surface area contributed by atoms with Gasteiger partial charge < -0.3 is 9.80 Å². The van der Waals surface area contributed by atoms with E-state index in [1.165, 1.54) is 94.8 Å². The number of hydrogen-bond donors (Lipinski definition) is 0. The van der Waals surface area contributed by atoms with E-state index in [-0.39, 0.29) is 0 Å². The van der Waals surface area contributed by atoms with Crippen molar-refractivity contribution in [3.8, 4) is 22.3 Å². The van der Waals surface area contributed by atoms with Crippen molar-refractivity contribution in [3.63, 3.8) is 0 Å². The quantitative estimate of drug-likeness (QED) is 0.169. The lowest BCUT2D eigenvalue weighted by Gasteiger charge is -2.28. The maximum atomic E-state index is 4.78. The number of aryl methyl sites for hydroxylation is 4. The average molecular weight is 718 g/mol. The normalized spacial score (nSPS) is 13.4. The molecule has 3 heterocycles. The van der Waals surface area contributed by atoms with Crippen molar-refractivity contribution in [3.05, 3.63) is 211 Å². The van der Waals surface area contributed by atoms with E-state index in [2.05, 4.69) is 192 Å². The molecule has 266 valence electrons. The van der Waals surface area contributed by atoms with E-state index in [1.54, 1.807) is 0 Å². The van der Waals surface area contributed by atoms with Crippen LogP contribution >= 0.6 is 0 Å². The Kier molecular flexibility index (Phi) is 7.77. The van der Waals surface area contributed by atoms with E-state index in [9.17, 15) is 0 Å². The first kappa shape index (κ1) is 32.5. The minimum absolute atomic E-state index is 0.987. The van der Waals surface area contributed by atoms with Crippen LogP contribution in [0.25, 0.3) is 43.8 Å². The SMILES string of the molecule is c1ccc(N2c3ccccc3CCc3ccc(-c4c5ccccc5c(-c5ccc6c(c5)N(c5ccccc5)c5ccccc5CC6)c5cnccc45)cc32)cc1. The molecule has 0 atom stereocenters. The Hall–Kier alpha value is -6.97. The van der Waals surface area contributed by atoms with Crippen LogP contribution in [0.3, 0.4) is 0 Å². The van der Waals surface area contributed by atoms with Crippen LogP contribution in [-0.2, 0) is 25.7 Å². The summed E-state index contributed by atoms with van der Waals surface area (Å²) in [5, 5.41) is 4.82. The Morgan fingerprint density at radius 1 is 0.339 bits per heavy atom. The zero-order valence-electron chi connectivity index (χ0n) is 31.1. The maximum Gasteiger partial charge on any atom is 0.0500 e. The van der Waals surface area contributed by atoms with Gasteiger partial charge in [0.05, 0.1) is 0 Å². The zero-order chi connectivity index (χ0) is 37.0. The van der Waals surface area contributed by atoms with Crippen LogP contribution in [0, 0.1) is 0 Å². The summed E-state index contributed by atoms with van der Waals surface area (Å²) in [5.74, 6) is 0. The van der Waals surface area contributed by atoms with Gasteiger partial charge in [0, 0.05) is 51.9 Å². The van der Waals surface area contributed by atoms with E-state index in [0.717, 1.165) is 31.1 Å². The van der Waals surface area contributed by atoms with Gasteiger partial charge in [-0.25, -0.2) is 0 Å². The molecule has 3 heteroatoms. The maximum absolute atomic E-state index is 4.78. The number of pyridine rings is 1. The Bertz CT molecular complexity index is 2680. The van der Waals surface area contributed by atoms with Gasteiger partial charge in [-0.1, -0.05) is 121 Å². The number of para-hydroxylation sites is 4. The number of fused-ring (bicyclic) bond motifs is 6. The third-order valence-corrected chi connectivity index (χ3v) is 11.9. The van der Waals surface area contributed by atoms with Crippen LogP contribution in [0.15, 0.2) is 188 Å². The standard InChI is InChI=1S/C53H39N3/c1-3-15-42(16-4-1)55-48-21-11-7-13-36(48)23-25-38-27-29-40(33-50(38)55)52-44-19-9-10-20-45(44)53(47-35-54-32-31-46(47)52)41-30-28-39-26-24-37-14-8-12-22-49(37)56(51(39)34-41)43-17-5-2-6-18-43/h1-22,27-35H,23-26H2. The Labute approximate surface area is 327 Å². The van der Waals surface area contributed by atoms with Crippen molar-refractivity contribution in [2.45, 2.75) is 25.7 Å². The molecular formula is C53H39N3. The minimum Gasteiger partial charge on any atom is -0.310 e. The number of nitrogens with zero attached hydrogens (tertiary/aromatic N) is 3. The van der Waals surface area contributed by atoms with Gasteiger partial charge in [-0.3, -0.25) is 4.98 Å². The fraction of sp³-hybridized carbons (Fsp3) is 0.0755. The first-order valence-corrected chi connectivity index (χ1v) is 19.7. The van der Waals surface area contributed by atoms with Crippen molar-refractivity contribution < 1.29 is 0 Å². The highest BCUT2D eigenvalue weighted by Crippen LogP contribution is 2.49. The molecule has 3 nitrogen and oxygen atoms in total. The molecule has 0 bridgehead atoms. The lowest BCUT2D eigenvalue weighted by atomic mass is 9.85.